The lowest BCUT2D eigenvalue weighted by atomic mass is 9.76. The zero-order chi connectivity index (χ0) is 21.2. The van der Waals surface area contributed by atoms with Crippen LogP contribution in [-0.4, -0.2) is 23.2 Å². The molecule has 8 heteroatoms. The van der Waals surface area contributed by atoms with Crippen molar-refractivity contribution in [1.29, 1.82) is 0 Å². The summed E-state index contributed by atoms with van der Waals surface area (Å²) in [6, 6.07) is 7.03. The van der Waals surface area contributed by atoms with Gasteiger partial charge in [0.2, 0.25) is 0 Å². The first-order chi connectivity index (χ1) is 14.3. The van der Waals surface area contributed by atoms with Gasteiger partial charge in [0.05, 0.1) is 15.0 Å². The Kier molecular flexibility index (Phi) is 5.27. The summed E-state index contributed by atoms with van der Waals surface area (Å²) in [5.41, 5.74) is 3.38. The summed E-state index contributed by atoms with van der Waals surface area (Å²) in [6.45, 7) is 0. The van der Waals surface area contributed by atoms with E-state index >= 15 is 0 Å². The Morgan fingerprint density at radius 3 is 2.07 bits per heavy atom. The minimum absolute atomic E-state index is 0.0734. The number of halogens is 5. The van der Waals surface area contributed by atoms with Crippen molar-refractivity contribution in [3.63, 3.8) is 0 Å². The van der Waals surface area contributed by atoms with Crippen molar-refractivity contribution < 1.29 is 13.6 Å². The smallest absolute Gasteiger partial charge is 0.251 e. The molecule has 4 aliphatic heterocycles. The average molecular weight is 559 g/mol. The summed E-state index contributed by atoms with van der Waals surface area (Å²) in [4.78, 5) is 16.1. The molecule has 8 rings (SSSR count). The highest BCUT2D eigenvalue weighted by Gasteiger charge is 2.38. The highest BCUT2D eigenvalue weighted by Crippen LogP contribution is 2.45. The molecule has 156 valence electrons. The van der Waals surface area contributed by atoms with Crippen LogP contribution in [0.4, 0.5) is 8.78 Å². The lowest BCUT2D eigenvalue weighted by molar-refractivity contribution is 0.0926. The van der Waals surface area contributed by atoms with E-state index in [1.165, 1.54) is 6.07 Å². The molecule has 0 saturated heterocycles. The topological polar surface area (TPSA) is 41.5 Å². The Bertz CT molecular complexity index is 1090. The Hall–Kier alpha value is -1.31. The third-order valence-electron chi connectivity index (χ3n) is 6.41. The first-order valence-corrected chi connectivity index (χ1v) is 11.8. The second-order valence-electron chi connectivity index (χ2n) is 8.29. The lowest BCUT2D eigenvalue weighted by Crippen LogP contribution is -2.39. The molecule has 2 fully saturated rings. The zero-order valence-corrected chi connectivity index (χ0v) is 19.6. The number of benzene rings is 2. The van der Waals surface area contributed by atoms with Crippen molar-refractivity contribution in [2.75, 3.05) is 0 Å². The normalized spacial score (nSPS) is 27.5. The summed E-state index contributed by atoms with van der Waals surface area (Å²) in [5, 5.41) is 3.45. The van der Waals surface area contributed by atoms with Crippen LogP contribution < -0.4 is 5.32 Å². The van der Waals surface area contributed by atoms with Crippen molar-refractivity contribution >= 4 is 54.5 Å². The number of carbonyl (C=O) groups is 1. The predicted molar refractivity (Wildman–Crippen MR) is 120 cm³/mol. The molecular weight excluding hydrogens is 542 g/mol. The number of fused-ring (bicyclic) bond motifs is 1. The fraction of sp³-hybridized carbons (Fsp3) is 0.364. The summed E-state index contributed by atoms with van der Waals surface area (Å²) in [6.07, 6.45) is 3.90. The van der Waals surface area contributed by atoms with Gasteiger partial charge < -0.3 is 5.32 Å². The minimum Gasteiger partial charge on any atom is -0.349 e. The molecule has 1 amide bonds. The predicted octanol–water partition coefficient (Wildman–Crippen LogP) is 6.41. The van der Waals surface area contributed by atoms with Gasteiger partial charge in [-0.05, 0) is 105 Å². The van der Waals surface area contributed by atoms with Crippen LogP contribution in [0.1, 0.15) is 64.6 Å². The van der Waals surface area contributed by atoms with E-state index in [9.17, 15) is 13.6 Å². The summed E-state index contributed by atoms with van der Waals surface area (Å²) in [7, 11) is 0. The highest BCUT2D eigenvalue weighted by molar-refractivity contribution is 9.10. The van der Waals surface area contributed by atoms with Crippen LogP contribution in [0.3, 0.4) is 0 Å². The van der Waals surface area contributed by atoms with Crippen LogP contribution in [0.25, 0.3) is 0 Å². The van der Waals surface area contributed by atoms with Crippen LogP contribution in [0.2, 0.25) is 0 Å². The molecule has 0 spiro atoms. The van der Waals surface area contributed by atoms with Gasteiger partial charge in [-0.1, -0.05) is 11.6 Å². The van der Waals surface area contributed by atoms with E-state index in [-0.39, 0.29) is 23.6 Å². The average Bonchev–Trinajstić information content (AvgIpc) is 2.97. The number of carbonyl (C=O) groups excluding carboxylic acids is 1. The summed E-state index contributed by atoms with van der Waals surface area (Å²) >= 11 is 12.4. The van der Waals surface area contributed by atoms with Gasteiger partial charge in [-0.15, -0.1) is 0 Å². The van der Waals surface area contributed by atoms with Crippen LogP contribution >= 0.6 is 43.5 Å². The van der Waals surface area contributed by atoms with Gasteiger partial charge in [0.15, 0.2) is 0 Å². The lowest BCUT2D eigenvalue weighted by Gasteiger charge is -2.32. The van der Waals surface area contributed by atoms with E-state index in [2.05, 4.69) is 42.2 Å². The van der Waals surface area contributed by atoms with E-state index in [0.29, 0.717) is 37.6 Å². The standard InChI is InChI=1S/C11H8BrClFN.C11H9BrFNO/c12-9-3-8-7(4-10(9)14)5-1-6(2-5)15-11(8)13;12-9-3-8-7(4-10(9)13)5-1-6(2-5)14-11(8)15/h3-6H,1-2H2;3-6H,1-2H2,(H,14,15). The van der Waals surface area contributed by atoms with Crippen LogP contribution in [0.5, 0.6) is 0 Å². The Labute approximate surface area is 194 Å². The van der Waals surface area contributed by atoms with Crippen molar-refractivity contribution in [2.24, 2.45) is 4.99 Å². The van der Waals surface area contributed by atoms with E-state index in [1.54, 1.807) is 18.2 Å². The molecular formula is C22H17Br2ClF2N2O. The maximum atomic E-state index is 13.4. The zero-order valence-electron chi connectivity index (χ0n) is 15.7. The monoisotopic (exact) mass is 556 g/mol. The number of nitrogens with zero attached hydrogens (tertiary/aromatic N) is 1. The van der Waals surface area contributed by atoms with Crippen molar-refractivity contribution in [3.8, 4) is 0 Å². The first kappa shape index (κ1) is 20.6. The van der Waals surface area contributed by atoms with E-state index in [4.69, 9.17) is 11.6 Å². The van der Waals surface area contributed by atoms with Gasteiger partial charge in [-0.3, -0.25) is 9.79 Å². The molecule has 2 aliphatic carbocycles. The fourth-order valence-corrected chi connectivity index (χ4v) is 5.59. The van der Waals surface area contributed by atoms with E-state index in [0.717, 1.165) is 42.4 Å². The molecule has 0 aromatic heterocycles. The molecule has 2 aromatic rings. The molecule has 1 N–H and O–H groups in total. The molecule has 6 aliphatic rings. The fourth-order valence-electron chi connectivity index (χ4n) is 4.61. The van der Waals surface area contributed by atoms with Gasteiger partial charge in [-0.2, -0.15) is 0 Å². The third kappa shape index (κ3) is 3.53. The second-order valence-corrected chi connectivity index (χ2v) is 10.4. The Balaban J connectivity index is 0.000000128. The maximum absolute atomic E-state index is 13.4. The van der Waals surface area contributed by atoms with E-state index in [1.807, 2.05) is 0 Å². The first-order valence-electron chi connectivity index (χ1n) is 9.82. The summed E-state index contributed by atoms with van der Waals surface area (Å²) < 4.78 is 27.6. The number of amides is 1. The van der Waals surface area contributed by atoms with Crippen LogP contribution in [0.15, 0.2) is 38.2 Å². The van der Waals surface area contributed by atoms with Crippen molar-refractivity contribution in [2.45, 2.75) is 49.6 Å². The largest absolute Gasteiger partial charge is 0.349 e. The quantitative estimate of drug-likeness (QED) is 0.399. The minimum atomic E-state index is -0.285. The number of rotatable bonds is 0. The molecule has 30 heavy (non-hydrogen) atoms. The highest BCUT2D eigenvalue weighted by atomic mass is 79.9. The Morgan fingerprint density at radius 1 is 0.900 bits per heavy atom. The number of aliphatic imine (C=N–C) groups is 1. The molecule has 4 bridgehead atoms. The number of hydrogen-bond donors (Lipinski definition) is 1. The third-order valence-corrected chi connectivity index (χ3v) is 7.93. The van der Waals surface area contributed by atoms with E-state index < -0.39 is 0 Å². The number of hydrogen-bond acceptors (Lipinski definition) is 2. The van der Waals surface area contributed by atoms with Crippen molar-refractivity contribution in [3.05, 3.63) is 67.1 Å². The molecule has 2 saturated carbocycles. The maximum Gasteiger partial charge on any atom is 0.251 e. The van der Waals surface area contributed by atoms with Gasteiger partial charge >= 0.3 is 0 Å². The molecule has 0 unspecified atom stereocenters. The summed E-state index contributed by atoms with van der Waals surface area (Å²) in [5.74, 6) is 0.213. The van der Waals surface area contributed by atoms with Crippen molar-refractivity contribution in [1.82, 2.24) is 5.32 Å². The SMILES string of the molecule is Fc1cc2c(cc1Br)C(Cl)=NC1CC2C1.O=C1NC2CC(C2)c2cc(F)c(Br)cc21. The van der Waals surface area contributed by atoms with Gasteiger partial charge in [-0.25, -0.2) is 8.78 Å². The molecule has 0 atom stereocenters. The van der Waals surface area contributed by atoms with Gasteiger partial charge in [0.25, 0.3) is 5.91 Å². The van der Waals surface area contributed by atoms with Gasteiger partial charge in [0, 0.05) is 17.2 Å². The molecule has 2 aromatic carbocycles. The molecule has 0 radical (unpaired) electrons. The van der Waals surface area contributed by atoms with Crippen LogP contribution in [-0.2, 0) is 0 Å². The molecule has 3 nitrogen and oxygen atoms in total. The van der Waals surface area contributed by atoms with Crippen LogP contribution in [0, 0.1) is 11.6 Å². The second kappa shape index (κ2) is 7.68. The Morgan fingerprint density at radius 2 is 1.43 bits per heavy atom. The molecule has 4 heterocycles. The number of nitrogens with one attached hydrogen (secondary N) is 1. The van der Waals surface area contributed by atoms with Gasteiger partial charge in [0.1, 0.15) is 16.8 Å².